The quantitative estimate of drug-likeness (QED) is 0.678. The predicted molar refractivity (Wildman–Crippen MR) is 112 cm³/mol. The van der Waals surface area contributed by atoms with Crippen LogP contribution in [-0.4, -0.2) is 87.5 Å². The van der Waals surface area contributed by atoms with E-state index in [0.29, 0.717) is 25.0 Å². The lowest BCUT2D eigenvalue weighted by Gasteiger charge is -2.28. The number of carboxylic acid groups (broad SMARTS) is 1. The molecular weight excluding hydrogens is 443 g/mol. The van der Waals surface area contributed by atoms with Gasteiger partial charge < -0.3 is 9.84 Å². The van der Waals surface area contributed by atoms with E-state index in [9.17, 15) is 18.0 Å². The molecule has 2 fully saturated rings. The molecule has 1 aliphatic carbocycles. The standard InChI is InChI=1S/C19H29N5O2.C2HF3O2/c1-4-17-21-19(18(25)24(17)7-8-26-3)6-5-15-12-23(13-16(15)19)11-14-9-20-22(2)10-14;3-2(4,5)1(6)7/h9-10,15-16H,4-8,11-13H2,1-3H3;(H,6,7)/t15-,16+,19-;/m1./s1. The molecule has 1 amide bonds. The summed E-state index contributed by atoms with van der Waals surface area (Å²) in [7, 11) is 3.63. The van der Waals surface area contributed by atoms with E-state index < -0.39 is 17.7 Å². The second kappa shape index (κ2) is 9.80. The van der Waals surface area contributed by atoms with Crippen molar-refractivity contribution in [1.29, 1.82) is 0 Å². The molecule has 33 heavy (non-hydrogen) atoms. The van der Waals surface area contributed by atoms with Crippen molar-refractivity contribution in [1.82, 2.24) is 19.6 Å². The van der Waals surface area contributed by atoms with Gasteiger partial charge in [-0.05, 0) is 18.8 Å². The zero-order valence-electron chi connectivity index (χ0n) is 19.0. The number of methoxy groups -OCH3 is 1. The zero-order chi connectivity index (χ0) is 24.4. The second-order valence-corrected chi connectivity index (χ2v) is 8.68. The third-order valence-corrected chi connectivity index (χ3v) is 6.52. The number of aliphatic imine (C=N–C) groups is 1. The number of carbonyl (C=O) groups is 2. The summed E-state index contributed by atoms with van der Waals surface area (Å²) in [6.45, 7) is 6.17. The molecule has 9 nitrogen and oxygen atoms in total. The van der Waals surface area contributed by atoms with Gasteiger partial charge in [-0.1, -0.05) is 6.92 Å². The van der Waals surface area contributed by atoms with Crippen LogP contribution in [0.15, 0.2) is 17.4 Å². The number of likely N-dealkylation sites (tertiary alicyclic amines) is 1. The average molecular weight is 473 g/mol. The number of aryl methyl sites for hydroxylation is 1. The van der Waals surface area contributed by atoms with Gasteiger partial charge in [-0.25, -0.2) is 4.79 Å². The summed E-state index contributed by atoms with van der Waals surface area (Å²) in [6.07, 6.45) is 1.72. The van der Waals surface area contributed by atoms with Crippen LogP contribution in [0.1, 0.15) is 31.7 Å². The number of amides is 1. The van der Waals surface area contributed by atoms with Crippen LogP contribution >= 0.6 is 0 Å². The van der Waals surface area contributed by atoms with Gasteiger partial charge >= 0.3 is 12.1 Å². The minimum Gasteiger partial charge on any atom is -0.475 e. The first-order chi connectivity index (χ1) is 15.5. The summed E-state index contributed by atoms with van der Waals surface area (Å²) in [5.41, 5.74) is 0.715. The molecule has 12 heteroatoms. The molecule has 1 saturated carbocycles. The van der Waals surface area contributed by atoms with E-state index in [-0.39, 0.29) is 5.91 Å². The Labute approximate surface area is 190 Å². The molecule has 3 heterocycles. The summed E-state index contributed by atoms with van der Waals surface area (Å²) < 4.78 is 38.8. The number of rotatable bonds is 6. The molecule has 3 atom stereocenters. The Morgan fingerprint density at radius 2 is 2.06 bits per heavy atom. The van der Waals surface area contributed by atoms with Crippen LogP contribution in [0.5, 0.6) is 0 Å². The van der Waals surface area contributed by atoms with Crippen molar-refractivity contribution >= 4 is 17.7 Å². The number of hydrogen-bond donors (Lipinski definition) is 1. The fourth-order valence-electron chi connectivity index (χ4n) is 5.10. The van der Waals surface area contributed by atoms with Crippen LogP contribution in [0.3, 0.4) is 0 Å². The smallest absolute Gasteiger partial charge is 0.475 e. The fraction of sp³-hybridized carbons (Fsp3) is 0.714. The minimum atomic E-state index is -5.08. The highest BCUT2D eigenvalue weighted by Gasteiger charge is 2.60. The van der Waals surface area contributed by atoms with E-state index in [1.54, 1.807) is 7.11 Å². The largest absolute Gasteiger partial charge is 0.490 e. The molecular formula is C21H30F3N5O4. The summed E-state index contributed by atoms with van der Waals surface area (Å²) in [6, 6.07) is 0. The van der Waals surface area contributed by atoms with Gasteiger partial charge in [0, 0.05) is 57.9 Å². The SMILES string of the molecule is CCC1=N[C@@]2(CC[C@@H]3CN(Cc4cnn(C)c4)C[C@@H]32)C(=O)N1CCOC.O=C(O)C(F)(F)F. The molecule has 0 unspecified atom stereocenters. The molecule has 0 aromatic carbocycles. The van der Waals surface area contributed by atoms with Gasteiger partial charge in [-0.2, -0.15) is 18.3 Å². The molecule has 0 radical (unpaired) electrons. The minimum absolute atomic E-state index is 0.210. The van der Waals surface area contributed by atoms with Crippen molar-refractivity contribution in [3.63, 3.8) is 0 Å². The third kappa shape index (κ3) is 5.21. The molecule has 1 saturated heterocycles. The van der Waals surface area contributed by atoms with Crippen LogP contribution in [0.25, 0.3) is 0 Å². The van der Waals surface area contributed by atoms with Crippen LogP contribution < -0.4 is 0 Å². The summed E-state index contributed by atoms with van der Waals surface area (Å²) in [4.78, 5) is 31.6. The van der Waals surface area contributed by atoms with Crippen LogP contribution in [-0.2, 0) is 27.9 Å². The highest BCUT2D eigenvalue weighted by atomic mass is 19.4. The Hall–Kier alpha value is -2.47. The topological polar surface area (TPSA) is 100 Å². The maximum atomic E-state index is 13.3. The van der Waals surface area contributed by atoms with Gasteiger partial charge in [0.25, 0.3) is 5.91 Å². The molecule has 4 rings (SSSR count). The van der Waals surface area contributed by atoms with Gasteiger partial charge in [0.1, 0.15) is 11.4 Å². The number of hydrogen-bond acceptors (Lipinski definition) is 6. The van der Waals surface area contributed by atoms with Gasteiger partial charge in [-0.15, -0.1) is 0 Å². The van der Waals surface area contributed by atoms with Crippen molar-refractivity contribution in [2.75, 3.05) is 33.4 Å². The van der Waals surface area contributed by atoms with Crippen LogP contribution in [0, 0.1) is 11.8 Å². The number of aromatic nitrogens is 2. The van der Waals surface area contributed by atoms with Gasteiger partial charge in [0.15, 0.2) is 0 Å². The number of aliphatic carboxylic acids is 1. The maximum Gasteiger partial charge on any atom is 0.490 e. The van der Waals surface area contributed by atoms with Crippen molar-refractivity contribution in [2.45, 2.75) is 44.4 Å². The highest BCUT2D eigenvalue weighted by molar-refractivity contribution is 6.08. The molecule has 1 N–H and O–H groups in total. The molecule has 1 aromatic heterocycles. The van der Waals surface area contributed by atoms with E-state index in [2.05, 4.69) is 23.1 Å². The summed E-state index contributed by atoms with van der Waals surface area (Å²) >= 11 is 0. The number of nitrogens with zero attached hydrogens (tertiary/aromatic N) is 5. The summed E-state index contributed by atoms with van der Waals surface area (Å²) in [5, 5.41) is 11.4. The van der Waals surface area contributed by atoms with E-state index >= 15 is 0 Å². The molecule has 1 spiro atoms. The number of amidine groups is 1. The van der Waals surface area contributed by atoms with Gasteiger partial charge in [0.2, 0.25) is 0 Å². The second-order valence-electron chi connectivity index (χ2n) is 8.68. The molecule has 3 aliphatic rings. The van der Waals surface area contributed by atoms with Crippen LogP contribution in [0.4, 0.5) is 13.2 Å². The van der Waals surface area contributed by atoms with Crippen LogP contribution in [0.2, 0.25) is 0 Å². The van der Waals surface area contributed by atoms with Crippen molar-refractivity contribution < 1.29 is 32.6 Å². The normalized spacial score (nSPS) is 27.0. The predicted octanol–water partition coefficient (Wildman–Crippen LogP) is 1.93. The molecule has 0 bridgehead atoms. The number of carbonyl (C=O) groups excluding carboxylic acids is 1. The highest BCUT2D eigenvalue weighted by Crippen LogP contribution is 2.50. The van der Waals surface area contributed by atoms with Gasteiger partial charge in [-0.3, -0.25) is 24.3 Å². The Bertz CT molecular complexity index is 903. The van der Waals surface area contributed by atoms with E-state index in [1.807, 2.05) is 22.8 Å². The summed E-state index contributed by atoms with van der Waals surface area (Å²) in [5.74, 6) is -0.700. The Morgan fingerprint density at radius 1 is 1.36 bits per heavy atom. The number of alkyl halides is 3. The Balaban J connectivity index is 0.000000383. The lowest BCUT2D eigenvalue weighted by atomic mass is 9.85. The number of fused-ring (bicyclic) bond motifs is 2. The van der Waals surface area contributed by atoms with E-state index in [0.717, 1.165) is 44.7 Å². The first kappa shape index (κ1) is 25.2. The van der Waals surface area contributed by atoms with Crippen molar-refractivity contribution in [3.8, 4) is 0 Å². The fourth-order valence-corrected chi connectivity index (χ4v) is 5.10. The van der Waals surface area contributed by atoms with E-state index in [1.165, 1.54) is 5.56 Å². The molecule has 184 valence electrons. The molecule has 1 aromatic rings. The first-order valence-electron chi connectivity index (χ1n) is 10.9. The van der Waals surface area contributed by atoms with Crippen molar-refractivity contribution in [3.05, 3.63) is 18.0 Å². The lowest BCUT2D eigenvalue weighted by molar-refractivity contribution is -0.192. The Morgan fingerprint density at radius 3 is 2.61 bits per heavy atom. The Kier molecular flexibility index (Phi) is 7.47. The monoisotopic (exact) mass is 473 g/mol. The molecule has 2 aliphatic heterocycles. The van der Waals surface area contributed by atoms with Crippen molar-refractivity contribution in [2.24, 2.45) is 23.9 Å². The van der Waals surface area contributed by atoms with Gasteiger partial charge in [0.05, 0.1) is 19.3 Å². The maximum absolute atomic E-state index is 13.3. The zero-order valence-corrected chi connectivity index (χ0v) is 19.0. The average Bonchev–Trinajstić information content (AvgIpc) is 3.48. The lowest BCUT2D eigenvalue weighted by Crippen LogP contribution is -2.47. The number of ether oxygens (including phenoxy) is 1. The first-order valence-corrected chi connectivity index (χ1v) is 10.9. The van der Waals surface area contributed by atoms with E-state index in [4.69, 9.17) is 19.6 Å². The number of halogens is 3. The third-order valence-electron chi connectivity index (χ3n) is 6.52. The number of carboxylic acids is 1.